The lowest BCUT2D eigenvalue weighted by Crippen LogP contribution is -2.51. The molecular weight excluding hydrogens is 380 g/mol. The smallest absolute Gasteiger partial charge is 0.254 e. The first-order valence-corrected chi connectivity index (χ1v) is 11.5. The van der Waals surface area contributed by atoms with Crippen LogP contribution in [0.3, 0.4) is 0 Å². The standard InChI is InChI=1S/C24H36N2O4/c1-3-4-5-8-17-30-21-12-11-20(18-22(21)29-2)24(28)26-15-13-25(14-16-26)23(27)19-9-6-7-10-19/h11-12,18-19H,3-10,13-17H2,1-2H3. The second-order valence-electron chi connectivity index (χ2n) is 8.37. The Balaban J connectivity index is 1.53. The summed E-state index contributed by atoms with van der Waals surface area (Å²) >= 11 is 0. The highest BCUT2D eigenvalue weighted by Gasteiger charge is 2.30. The summed E-state index contributed by atoms with van der Waals surface area (Å²) in [7, 11) is 1.60. The van der Waals surface area contributed by atoms with Crippen molar-refractivity contribution in [3.05, 3.63) is 23.8 Å². The molecule has 0 radical (unpaired) electrons. The Bertz CT molecular complexity index is 707. The third-order valence-corrected chi connectivity index (χ3v) is 6.25. The van der Waals surface area contributed by atoms with Crippen LogP contribution < -0.4 is 9.47 Å². The summed E-state index contributed by atoms with van der Waals surface area (Å²) in [6.07, 6.45) is 8.95. The van der Waals surface area contributed by atoms with E-state index in [0.717, 1.165) is 38.5 Å². The van der Waals surface area contributed by atoms with Crippen LogP contribution in [0.25, 0.3) is 0 Å². The Morgan fingerprint density at radius 1 is 0.967 bits per heavy atom. The van der Waals surface area contributed by atoms with Gasteiger partial charge >= 0.3 is 0 Å². The van der Waals surface area contributed by atoms with Crippen LogP contribution in [0.4, 0.5) is 0 Å². The van der Waals surface area contributed by atoms with Crippen molar-refractivity contribution in [1.29, 1.82) is 0 Å². The van der Waals surface area contributed by atoms with Crippen LogP contribution in [-0.2, 0) is 4.79 Å². The fourth-order valence-electron chi connectivity index (χ4n) is 4.37. The SMILES string of the molecule is CCCCCCOc1ccc(C(=O)N2CCN(C(=O)C3CCCC3)CC2)cc1OC. The fourth-order valence-corrected chi connectivity index (χ4v) is 4.37. The molecular formula is C24H36N2O4. The van der Waals surface area contributed by atoms with Gasteiger partial charge < -0.3 is 19.3 Å². The number of nitrogens with zero attached hydrogens (tertiary/aromatic N) is 2. The average molecular weight is 417 g/mol. The normalized spacial score (nSPS) is 17.3. The number of hydrogen-bond acceptors (Lipinski definition) is 4. The van der Waals surface area contributed by atoms with Gasteiger partial charge in [-0.15, -0.1) is 0 Å². The molecule has 1 aromatic rings. The van der Waals surface area contributed by atoms with Gasteiger partial charge in [-0.3, -0.25) is 9.59 Å². The van der Waals surface area contributed by atoms with Crippen molar-refractivity contribution in [2.45, 2.75) is 58.3 Å². The number of amides is 2. The highest BCUT2D eigenvalue weighted by molar-refractivity contribution is 5.95. The zero-order valence-corrected chi connectivity index (χ0v) is 18.5. The Morgan fingerprint density at radius 3 is 2.33 bits per heavy atom. The second-order valence-corrected chi connectivity index (χ2v) is 8.37. The molecule has 0 unspecified atom stereocenters. The summed E-state index contributed by atoms with van der Waals surface area (Å²) in [5.41, 5.74) is 0.598. The summed E-state index contributed by atoms with van der Waals surface area (Å²) in [6, 6.07) is 5.40. The maximum absolute atomic E-state index is 13.0. The Hall–Kier alpha value is -2.24. The van der Waals surface area contributed by atoms with Gasteiger partial charge in [0.05, 0.1) is 13.7 Å². The van der Waals surface area contributed by atoms with E-state index in [0.29, 0.717) is 49.8 Å². The maximum Gasteiger partial charge on any atom is 0.254 e. The predicted molar refractivity (Wildman–Crippen MR) is 117 cm³/mol. The van der Waals surface area contributed by atoms with Crippen LogP contribution in [0.2, 0.25) is 0 Å². The van der Waals surface area contributed by atoms with Crippen molar-refractivity contribution in [2.75, 3.05) is 39.9 Å². The number of hydrogen-bond donors (Lipinski definition) is 0. The molecule has 2 amide bonds. The summed E-state index contributed by atoms with van der Waals surface area (Å²) in [6.45, 7) is 5.24. The first-order valence-electron chi connectivity index (χ1n) is 11.5. The van der Waals surface area contributed by atoms with Crippen LogP contribution >= 0.6 is 0 Å². The molecule has 0 spiro atoms. The zero-order valence-electron chi connectivity index (χ0n) is 18.5. The van der Waals surface area contributed by atoms with E-state index in [1.165, 1.54) is 12.8 Å². The Morgan fingerprint density at radius 2 is 1.67 bits per heavy atom. The van der Waals surface area contributed by atoms with Crippen molar-refractivity contribution < 1.29 is 19.1 Å². The van der Waals surface area contributed by atoms with E-state index in [2.05, 4.69) is 6.92 Å². The van der Waals surface area contributed by atoms with Crippen LogP contribution in [-0.4, -0.2) is 61.5 Å². The fraction of sp³-hybridized carbons (Fsp3) is 0.667. The van der Waals surface area contributed by atoms with E-state index in [1.54, 1.807) is 13.2 Å². The molecule has 1 aliphatic carbocycles. The van der Waals surface area contributed by atoms with Gasteiger partial charge in [0.15, 0.2) is 11.5 Å². The molecule has 1 heterocycles. The number of methoxy groups -OCH3 is 1. The number of unbranched alkanes of at least 4 members (excludes halogenated alkanes) is 3. The topological polar surface area (TPSA) is 59.1 Å². The number of ether oxygens (including phenoxy) is 2. The van der Waals surface area contributed by atoms with Crippen molar-refractivity contribution in [2.24, 2.45) is 5.92 Å². The number of piperazine rings is 1. The molecule has 166 valence electrons. The highest BCUT2D eigenvalue weighted by Crippen LogP contribution is 2.30. The van der Waals surface area contributed by atoms with E-state index in [4.69, 9.17) is 9.47 Å². The maximum atomic E-state index is 13.0. The molecule has 30 heavy (non-hydrogen) atoms. The van der Waals surface area contributed by atoms with Crippen LogP contribution in [0.5, 0.6) is 11.5 Å². The van der Waals surface area contributed by atoms with Gasteiger partial charge in [-0.25, -0.2) is 0 Å². The van der Waals surface area contributed by atoms with Crippen LogP contribution in [0.15, 0.2) is 18.2 Å². The van der Waals surface area contributed by atoms with Crippen LogP contribution in [0.1, 0.15) is 68.6 Å². The third kappa shape index (κ3) is 5.67. The summed E-state index contributed by atoms with van der Waals surface area (Å²) < 4.78 is 11.3. The van der Waals surface area contributed by atoms with Gasteiger partial charge in [-0.05, 0) is 37.5 Å². The molecule has 0 N–H and O–H groups in total. The highest BCUT2D eigenvalue weighted by atomic mass is 16.5. The molecule has 2 aliphatic rings. The van der Waals surface area contributed by atoms with Crippen molar-refractivity contribution in [3.63, 3.8) is 0 Å². The van der Waals surface area contributed by atoms with E-state index in [1.807, 2.05) is 21.9 Å². The predicted octanol–water partition coefficient (Wildman–Crippen LogP) is 4.13. The number of benzene rings is 1. The van der Waals surface area contributed by atoms with Gasteiger partial charge in [0.25, 0.3) is 5.91 Å². The van der Waals surface area contributed by atoms with E-state index in [9.17, 15) is 9.59 Å². The monoisotopic (exact) mass is 416 g/mol. The van der Waals surface area contributed by atoms with Gasteiger partial charge in [-0.2, -0.15) is 0 Å². The molecule has 1 aromatic carbocycles. The Kier molecular flexibility index (Phi) is 8.40. The Labute approximate surface area is 180 Å². The van der Waals surface area contributed by atoms with E-state index >= 15 is 0 Å². The molecule has 6 nitrogen and oxygen atoms in total. The molecule has 1 saturated heterocycles. The lowest BCUT2D eigenvalue weighted by Gasteiger charge is -2.36. The molecule has 1 aliphatic heterocycles. The minimum Gasteiger partial charge on any atom is -0.493 e. The molecule has 6 heteroatoms. The number of carbonyl (C=O) groups is 2. The van der Waals surface area contributed by atoms with Gasteiger partial charge in [0.2, 0.25) is 5.91 Å². The third-order valence-electron chi connectivity index (χ3n) is 6.25. The number of carbonyl (C=O) groups excluding carboxylic acids is 2. The molecule has 2 fully saturated rings. The van der Waals surface area contributed by atoms with Gasteiger partial charge in [0, 0.05) is 37.7 Å². The molecule has 0 atom stereocenters. The quantitative estimate of drug-likeness (QED) is 0.568. The van der Waals surface area contributed by atoms with Crippen molar-refractivity contribution >= 4 is 11.8 Å². The van der Waals surface area contributed by atoms with Gasteiger partial charge in [-0.1, -0.05) is 39.0 Å². The summed E-state index contributed by atoms with van der Waals surface area (Å²) in [5.74, 6) is 1.73. The molecule has 0 bridgehead atoms. The minimum absolute atomic E-state index is 0.0178. The van der Waals surface area contributed by atoms with Crippen LogP contribution in [0, 0.1) is 5.92 Å². The lowest BCUT2D eigenvalue weighted by atomic mass is 10.1. The van der Waals surface area contributed by atoms with Crippen molar-refractivity contribution in [3.8, 4) is 11.5 Å². The largest absolute Gasteiger partial charge is 0.493 e. The first kappa shape index (κ1) is 22.4. The average Bonchev–Trinajstić information content (AvgIpc) is 3.33. The number of rotatable bonds is 9. The zero-order chi connectivity index (χ0) is 21.3. The lowest BCUT2D eigenvalue weighted by molar-refractivity contribution is -0.136. The second kappa shape index (κ2) is 11.2. The first-order chi connectivity index (χ1) is 14.6. The van der Waals surface area contributed by atoms with E-state index < -0.39 is 0 Å². The van der Waals surface area contributed by atoms with E-state index in [-0.39, 0.29) is 17.7 Å². The molecule has 0 aromatic heterocycles. The summed E-state index contributed by atoms with van der Waals surface area (Å²) in [5, 5.41) is 0. The van der Waals surface area contributed by atoms with Gasteiger partial charge in [0.1, 0.15) is 0 Å². The van der Waals surface area contributed by atoms with Crippen molar-refractivity contribution in [1.82, 2.24) is 9.80 Å². The molecule has 3 rings (SSSR count). The molecule has 1 saturated carbocycles. The minimum atomic E-state index is -0.0178. The summed E-state index contributed by atoms with van der Waals surface area (Å²) in [4.78, 5) is 29.3.